The minimum absolute atomic E-state index is 0.185. The molecule has 1 aliphatic heterocycles. The van der Waals surface area contributed by atoms with Crippen molar-refractivity contribution in [3.63, 3.8) is 0 Å². The van der Waals surface area contributed by atoms with Crippen LogP contribution in [0.1, 0.15) is 27.7 Å². The van der Waals surface area contributed by atoms with Crippen LogP contribution in [-0.4, -0.2) is 27.8 Å². The molecule has 0 fully saturated rings. The fourth-order valence-corrected chi connectivity index (χ4v) is 3.44. The van der Waals surface area contributed by atoms with Gasteiger partial charge in [0, 0.05) is 5.70 Å². The smallest absolute Gasteiger partial charge is 0.293 e. The van der Waals surface area contributed by atoms with Crippen LogP contribution in [0.3, 0.4) is 0 Å². The first-order chi connectivity index (χ1) is 15.2. The van der Waals surface area contributed by atoms with E-state index in [0.29, 0.717) is 5.95 Å². The Morgan fingerprint density at radius 2 is 1.90 bits per heavy atom. The van der Waals surface area contributed by atoms with Gasteiger partial charge < -0.3 is 14.5 Å². The molecule has 5 rings (SSSR count). The van der Waals surface area contributed by atoms with E-state index in [-0.39, 0.29) is 17.8 Å². The number of benzene rings is 2. The van der Waals surface area contributed by atoms with Gasteiger partial charge in [-0.2, -0.15) is 4.98 Å². The van der Waals surface area contributed by atoms with Gasteiger partial charge in [0.2, 0.25) is 5.95 Å². The lowest BCUT2D eigenvalue weighted by molar-refractivity contribution is 0.0996. The number of methoxy groups -OCH3 is 1. The van der Waals surface area contributed by atoms with Crippen LogP contribution in [0.5, 0.6) is 5.75 Å². The van der Waals surface area contributed by atoms with E-state index < -0.39 is 5.91 Å². The van der Waals surface area contributed by atoms with Crippen LogP contribution < -0.4 is 15.4 Å². The minimum atomic E-state index is -0.412. The molecule has 2 aromatic carbocycles. The van der Waals surface area contributed by atoms with Gasteiger partial charge in [0.05, 0.1) is 13.4 Å². The zero-order chi connectivity index (χ0) is 21.2. The number of carbonyl (C=O) groups excluding carboxylic acids is 1. The third-order valence-corrected chi connectivity index (χ3v) is 4.98. The number of anilines is 2. The Kier molecular flexibility index (Phi) is 4.72. The van der Waals surface area contributed by atoms with Crippen molar-refractivity contribution in [1.82, 2.24) is 14.8 Å². The van der Waals surface area contributed by atoms with Crippen LogP contribution in [0.25, 0.3) is 5.70 Å². The summed E-state index contributed by atoms with van der Waals surface area (Å²) in [5.74, 6) is 1.26. The van der Waals surface area contributed by atoms with Gasteiger partial charge in [-0.25, -0.2) is 4.68 Å². The molecule has 8 heteroatoms. The second-order valence-corrected chi connectivity index (χ2v) is 6.92. The summed E-state index contributed by atoms with van der Waals surface area (Å²) in [5.41, 5.74) is 2.94. The molecule has 0 bridgehead atoms. The van der Waals surface area contributed by atoms with E-state index in [1.54, 1.807) is 23.9 Å². The summed E-state index contributed by atoms with van der Waals surface area (Å²) in [6.07, 6.45) is 3.52. The molecule has 1 unspecified atom stereocenters. The second-order valence-electron chi connectivity index (χ2n) is 6.92. The number of hydrogen-bond donors (Lipinski definition) is 2. The average molecular weight is 413 g/mol. The number of fused-ring (bicyclic) bond motifs is 1. The van der Waals surface area contributed by atoms with Crippen molar-refractivity contribution < 1.29 is 13.9 Å². The van der Waals surface area contributed by atoms with E-state index in [9.17, 15) is 4.79 Å². The molecule has 2 aromatic heterocycles. The molecule has 2 N–H and O–H groups in total. The summed E-state index contributed by atoms with van der Waals surface area (Å²) in [7, 11) is 1.64. The van der Waals surface area contributed by atoms with Crippen LogP contribution in [0.15, 0.2) is 83.5 Å². The third kappa shape index (κ3) is 3.66. The number of ether oxygens (including phenoxy) is 1. The topological polar surface area (TPSA) is 94.2 Å². The summed E-state index contributed by atoms with van der Waals surface area (Å²) >= 11 is 0. The van der Waals surface area contributed by atoms with Gasteiger partial charge in [-0.3, -0.25) is 10.1 Å². The summed E-state index contributed by atoms with van der Waals surface area (Å²) in [6, 6.07) is 20.8. The Morgan fingerprint density at radius 1 is 1.10 bits per heavy atom. The van der Waals surface area contributed by atoms with E-state index >= 15 is 0 Å². The van der Waals surface area contributed by atoms with Crippen molar-refractivity contribution in [2.24, 2.45) is 0 Å². The summed E-state index contributed by atoms with van der Waals surface area (Å²) in [5, 5.41) is 10.5. The Morgan fingerprint density at radius 3 is 2.61 bits per heavy atom. The highest BCUT2D eigenvalue weighted by molar-refractivity contribution is 6.01. The molecule has 8 nitrogen and oxygen atoms in total. The van der Waals surface area contributed by atoms with Gasteiger partial charge in [0.1, 0.15) is 11.8 Å². The van der Waals surface area contributed by atoms with Crippen LogP contribution >= 0.6 is 0 Å². The molecule has 0 saturated carbocycles. The lowest BCUT2D eigenvalue weighted by atomic mass is 10.0. The van der Waals surface area contributed by atoms with Crippen LogP contribution in [0, 0.1) is 0 Å². The predicted octanol–water partition coefficient (Wildman–Crippen LogP) is 4.19. The Balaban J connectivity index is 1.52. The number of allylic oxidation sites excluding steroid dienone is 1. The summed E-state index contributed by atoms with van der Waals surface area (Å²) in [6.45, 7) is 0. The first kappa shape index (κ1) is 18.7. The zero-order valence-electron chi connectivity index (χ0n) is 16.6. The first-order valence-corrected chi connectivity index (χ1v) is 9.71. The number of nitrogens with one attached hydrogen (secondary N) is 2. The van der Waals surface area contributed by atoms with Crippen LogP contribution in [0.4, 0.5) is 11.9 Å². The molecule has 4 aromatic rings. The molecule has 0 spiro atoms. The van der Waals surface area contributed by atoms with Gasteiger partial charge in [0.15, 0.2) is 5.76 Å². The van der Waals surface area contributed by atoms with E-state index in [2.05, 4.69) is 26.8 Å². The van der Waals surface area contributed by atoms with Crippen molar-refractivity contribution in [2.45, 2.75) is 6.04 Å². The number of furan rings is 1. The Hall–Kier alpha value is -4.33. The number of carbonyl (C=O) groups is 1. The van der Waals surface area contributed by atoms with Crippen LogP contribution in [-0.2, 0) is 0 Å². The maximum atomic E-state index is 12.4. The lowest BCUT2D eigenvalue weighted by Gasteiger charge is -2.24. The predicted molar refractivity (Wildman–Crippen MR) is 116 cm³/mol. The van der Waals surface area contributed by atoms with Crippen LogP contribution in [0.2, 0.25) is 0 Å². The van der Waals surface area contributed by atoms with E-state index in [0.717, 1.165) is 22.6 Å². The van der Waals surface area contributed by atoms with Crippen molar-refractivity contribution in [3.8, 4) is 5.75 Å². The summed E-state index contributed by atoms with van der Waals surface area (Å²) in [4.78, 5) is 16.8. The van der Waals surface area contributed by atoms with Gasteiger partial charge in [-0.15, -0.1) is 5.10 Å². The summed E-state index contributed by atoms with van der Waals surface area (Å²) < 4.78 is 12.2. The Labute approximate surface area is 178 Å². The molecular formula is C23H19N5O3. The van der Waals surface area contributed by atoms with Crippen molar-refractivity contribution in [3.05, 3.63) is 96.0 Å². The number of rotatable bonds is 5. The maximum absolute atomic E-state index is 12.4. The van der Waals surface area contributed by atoms with E-state index in [1.165, 1.54) is 6.26 Å². The molecular weight excluding hydrogens is 394 g/mol. The normalized spacial score (nSPS) is 14.9. The highest BCUT2D eigenvalue weighted by atomic mass is 16.5. The molecule has 1 amide bonds. The Bertz CT molecular complexity index is 1230. The molecule has 1 atom stereocenters. The molecule has 1 aliphatic rings. The lowest BCUT2D eigenvalue weighted by Crippen LogP contribution is -2.20. The average Bonchev–Trinajstić information content (AvgIpc) is 3.49. The monoisotopic (exact) mass is 413 g/mol. The van der Waals surface area contributed by atoms with Crippen molar-refractivity contribution in [1.29, 1.82) is 0 Å². The molecule has 154 valence electrons. The fourth-order valence-electron chi connectivity index (χ4n) is 3.44. The molecule has 0 saturated heterocycles. The van der Waals surface area contributed by atoms with E-state index in [4.69, 9.17) is 9.15 Å². The molecule has 3 heterocycles. The number of aromatic nitrogens is 3. The SMILES string of the molecule is COc1ccc(C2C=C(c3ccccc3)Nc3nc(NC(=O)c4ccco4)nn32)cc1. The maximum Gasteiger partial charge on any atom is 0.293 e. The second kappa shape index (κ2) is 7.83. The van der Waals surface area contributed by atoms with E-state index in [1.807, 2.05) is 54.6 Å². The number of nitrogens with zero attached hydrogens (tertiary/aromatic N) is 3. The number of amides is 1. The highest BCUT2D eigenvalue weighted by Crippen LogP contribution is 2.33. The molecule has 0 radical (unpaired) electrons. The fraction of sp³-hybridized carbons (Fsp3) is 0.0870. The van der Waals surface area contributed by atoms with Gasteiger partial charge in [0.25, 0.3) is 11.9 Å². The quantitative estimate of drug-likeness (QED) is 0.510. The molecule has 0 aliphatic carbocycles. The standard InChI is InChI=1S/C23H19N5O3/c1-30-17-11-9-16(10-12-17)19-14-18(15-6-3-2-4-7-15)24-23-26-22(27-28(19)23)25-21(29)20-8-5-13-31-20/h2-14,19H,1H3,(H2,24,25,26,27,29). The first-order valence-electron chi connectivity index (χ1n) is 9.71. The zero-order valence-corrected chi connectivity index (χ0v) is 16.6. The highest BCUT2D eigenvalue weighted by Gasteiger charge is 2.26. The van der Waals surface area contributed by atoms with Gasteiger partial charge >= 0.3 is 0 Å². The van der Waals surface area contributed by atoms with Crippen molar-refractivity contribution in [2.75, 3.05) is 17.7 Å². The minimum Gasteiger partial charge on any atom is -0.497 e. The van der Waals surface area contributed by atoms with Gasteiger partial charge in [-0.05, 0) is 41.5 Å². The van der Waals surface area contributed by atoms with Gasteiger partial charge in [-0.1, -0.05) is 42.5 Å². The largest absolute Gasteiger partial charge is 0.497 e. The third-order valence-electron chi connectivity index (χ3n) is 4.98. The molecule has 31 heavy (non-hydrogen) atoms. The van der Waals surface area contributed by atoms with Crippen molar-refractivity contribution >= 4 is 23.5 Å². The number of hydrogen-bond acceptors (Lipinski definition) is 6.